The molecule has 2 heteroatoms. The number of pyridine rings is 1. The van der Waals surface area contributed by atoms with E-state index in [0.29, 0.717) is 12.3 Å². The fourth-order valence-electron chi connectivity index (χ4n) is 1.55. The Hall–Kier alpha value is -1.44. The average Bonchev–Trinajstić information content (AvgIpc) is 2.16. The highest BCUT2D eigenvalue weighted by Crippen LogP contribution is 2.19. The van der Waals surface area contributed by atoms with Crippen molar-refractivity contribution in [1.29, 1.82) is 0 Å². The Morgan fingerprint density at radius 3 is 2.79 bits per heavy atom. The zero-order valence-electron chi connectivity index (χ0n) is 8.45. The monoisotopic (exact) mass is 187 g/mol. The van der Waals surface area contributed by atoms with Gasteiger partial charge in [0.2, 0.25) is 0 Å². The molecule has 0 atom stereocenters. The van der Waals surface area contributed by atoms with Crippen LogP contribution < -0.4 is 0 Å². The summed E-state index contributed by atoms with van der Waals surface area (Å²) >= 11 is 0. The van der Waals surface area contributed by atoms with Crippen LogP contribution in [0.2, 0.25) is 0 Å². The molecular formula is C12H13NO. The van der Waals surface area contributed by atoms with Crippen LogP contribution in [-0.4, -0.2) is 10.8 Å². The second-order valence-electron chi connectivity index (χ2n) is 3.91. The van der Waals surface area contributed by atoms with Crippen LogP contribution in [0.3, 0.4) is 0 Å². The lowest BCUT2D eigenvalue weighted by Gasteiger charge is -2.11. The number of carbonyl (C=O) groups is 1. The topological polar surface area (TPSA) is 30.0 Å². The van der Waals surface area contributed by atoms with Gasteiger partial charge in [-0.25, -0.2) is 0 Å². The highest BCUT2D eigenvalue weighted by atomic mass is 16.1. The Bertz CT molecular complexity index is 405. The molecule has 0 spiro atoms. The van der Waals surface area contributed by atoms with Crippen LogP contribution in [0.25, 0.3) is 6.08 Å². The maximum Gasteiger partial charge on any atom is 0.160 e. The lowest BCUT2D eigenvalue weighted by molar-refractivity contribution is -0.114. The first-order chi connectivity index (χ1) is 6.66. The third-order valence-electron chi connectivity index (χ3n) is 2.42. The van der Waals surface area contributed by atoms with Crippen LogP contribution in [0, 0.1) is 0 Å². The minimum atomic E-state index is 0.164. The molecule has 1 aliphatic rings. The molecule has 2 rings (SSSR count). The first-order valence-corrected chi connectivity index (χ1v) is 4.87. The van der Waals surface area contributed by atoms with Gasteiger partial charge in [-0.05, 0) is 29.7 Å². The largest absolute Gasteiger partial charge is 0.294 e. The molecule has 1 heterocycles. The second kappa shape index (κ2) is 3.37. The maximum atomic E-state index is 11.1. The van der Waals surface area contributed by atoms with Gasteiger partial charge in [0.25, 0.3) is 0 Å². The molecule has 72 valence electrons. The van der Waals surface area contributed by atoms with Crippen LogP contribution in [0.4, 0.5) is 0 Å². The molecule has 0 radical (unpaired) electrons. The van der Waals surface area contributed by atoms with E-state index in [1.807, 2.05) is 18.2 Å². The lowest BCUT2D eigenvalue weighted by atomic mass is 9.99. The van der Waals surface area contributed by atoms with Crippen LogP contribution in [0.5, 0.6) is 0 Å². The maximum absolute atomic E-state index is 11.1. The quantitative estimate of drug-likeness (QED) is 0.675. The number of carbonyl (C=O) groups excluding carboxylic acids is 1. The summed E-state index contributed by atoms with van der Waals surface area (Å²) in [5.74, 6) is 0.600. The lowest BCUT2D eigenvalue weighted by Crippen LogP contribution is -2.08. The van der Waals surface area contributed by atoms with Crippen LogP contribution in [-0.2, 0) is 11.2 Å². The molecule has 2 nitrogen and oxygen atoms in total. The van der Waals surface area contributed by atoms with E-state index in [4.69, 9.17) is 0 Å². The Morgan fingerprint density at radius 2 is 2.07 bits per heavy atom. The zero-order valence-corrected chi connectivity index (χ0v) is 8.45. The minimum absolute atomic E-state index is 0.164. The van der Waals surface area contributed by atoms with Crippen molar-refractivity contribution < 1.29 is 4.79 Å². The van der Waals surface area contributed by atoms with Crippen molar-refractivity contribution in [3.05, 3.63) is 35.2 Å². The molecule has 0 amide bonds. The normalized spacial score (nSPS) is 14.6. The molecule has 1 aromatic heterocycles. The number of hydrogen-bond acceptors (Lipinski definition) is 2. The summed E-state index contributed by atoms with van der Waals surface area (Å²) in [6.45, 7) is 4.23. The van der Waals surface area contributed by atoms with Crippen LogP contribution in [0.15, 0.2) is 18.2 Å². The number of fused-ring (bicyclic) bond motifs is 1. The summed E-state index contributed by atoms with van der Waals surface area (Å²) in [7, 11) is 0. The molecule has 1 aliphatic carbocycles. The van der Waals surface area contributed by atoms with Gasteiger partial charge >= 0.3 is 0 Å². The second-order valence-corrected chi connectivity index (χ2v) is 3.91. The highest BCUT2D eigenvalue weighted by molar-refractivity contribution is 5.97. The molecule has 0 aromatic carbocycles. The predicted octanol–water partition coefficient (Wildman–Crippen LogP) is 2.34. The third kappa shape index (κ3) is 1.60. The molecule has 0 N–H and O–H groups in total. The summed E-state index contributed by atoms with van der Waals surface area (Å²) in [5, 5.41) is 0. The predicted molar refractivity (Wildman–Crippen MR) is 56.1 cm³/mol. The van der Waals surface area contributed by atoms with Gasteiger partial charge in [0.1, 0.15) is 0 Å². The first-order valence-electron chi connectivity index (χ1n) is 4.87. The van der Waals surface area contributed by atoms with E-state index in [0.717, 1.165) is 17.0 Å². The fraction of sp³-hybridized carbons (Fsp3) is 0.333. The van der Waals surface area contributed by atoms with Crippen molar-refractivity contribution in [2.24, 2.45) is 0 Å². The average molecular weight is 187 g/mol. The van der Waals surface area contributed by atoms with Crippen molar-refractivity contribution in [3.8, 4) is 0 Å². The van der Waals surface area contributed by atoms with Gasteiger partial charge in [0.05, 0.1) is 5.69 Å². The van der Waals surface area contributed by atoms with Crippen LogP contribution in [0.1, 0.15) is 36.7 Å². The standard InChI is InChI=1S/C12H13NO/c1-8(2)11-5-3-9-7-10(14)4-6-12(9)13-11/h3-6,8H,7H2,1-2H3. The van der Waals surface area contributed by atoms with Crippen LogP contribution >= 0.6 is 0 Å². The number of rotatable bonds is 1. The summed E-state index contributed by atoms with van der Waals surface area (Å²) in [5.41, 5.74) is 3.08. The Labute approximate surface area is 83.7 Å². The number of nitrogens with zero attached hydrogens (tertiary/aromatic N) is 1. The van der Waals surface area contributed by atoms with Gasteiger partial charge in [-0.15, -0.1) is 0 Å². The number of ketones is 1. The Balaban J connectivity index is 2.44. The molecule has 14 heavy (non-hydrogen) atoms. The molecule has 0 bridgehead atoms. The van der Waals surface area contributed by atoms with Gasteiger partial charge in [-0.1, -0.05) is 19.9 Å². The van der Waals surface area contributed by atoms with E-state index in [2.05, 4.69) is 18.8 Å². The smallest absolute Gasteiger partial charge is 0.160 e. The number of hydrogen-bond donors (Lipinski definition) is 0. The Kier molecular flexibility index (Phi) is 2.20. The summed E-state index contributed by atoms with van der Waals surface area (Å²) in [6, 6.07) is 4.02. The Morgan fingerprint density at radius 1 is 1.29 bits per heavy atom. The van der Waals surface area contributed by atoms with Crippen molar-refractivity contribution in [2.45, 2.75) is 26.2 Å². The van der Waals surface area contributed by atoms with Gasteiger partial charge in [0, 0.05) is 12.1 Å². The number of allylic oxidation sites excluding steroid dienone is 1. The summed E-state index contributed by atoms with van der Waals surface area (Å²) in [4.78, 5) is 15.6. The van der Waals surface area contributed by atoms with E-state index in [-0.39, 0.29) is 5.78 Å². The molecule has 0 fully saturated rings. The third-order valence-corrected chi connectivity index (χ3v) is 2.42. The van der Waals surface area contributed by atoms with Crippen molar-refractivity contribution in [1.82, 2.24) is 4.98 Å². The van der Waals surface area contributed by atoms with E-state index in [1.54, 1.807) is 6.08 Å². The van der Waals surface area contributed by atoms with E-state index in [1.165, 1.54) is 0 Å². The highest BCUT2D eigenvalue weighted by Gasteiger charge is 2.12. The summed E-state index contributed by atoms with van der Waals surface area (Å²) in [6.07, 6.45) is 3.92. The molecule has 0 saturated heterocycles. The van der Waals surface area contributed by atoms with Crippen molar-refractivity contribution in [2.75, 3.05) is 0 Å². The fourth-order valence-corrected chi connectivity index (χ4v) is 1.55. The molecule has 0 unspecified atom stereocenters. The zero-order chi connectivity index (χ0) is 10.1. The van der Waals surface area contributed by atoms with Gasteiger partial charge in [-0.2, -0.15) is 0 Å². The molecule has 0 aliphatic heterocycles. The van der Waals surface area contributed by atoms with E-state index < -0.39 is 0 Å². The van der Waals surface area contributed by atoms with Crippen molar-refractivity contribution in [3.63, 3.8) is 0 Å². The van der Waals surface area contributed by atoms with E-state index in [9.17, 15) is 4.79 Å². The van der Waals surface area contributed by atoms with Gasteiger partial charge in [-0.3, -0.25) is 9.78 Å². The molecule has 0 saturated carbocycles. The molecule has 1 aromatic rings. The van der Waals surface area contributed by atoms with E-state index >= 15 is 0 Å². The molecular weight excluding hydrogens is 174 g/mol. The van der Waals surface area contributed by atoms with Gasteiger partial charge < -0.3 is 0 Å². The summed E-state index contributed by atoms with van der Waals surface area (Å²) < 4.78 is 0. The SMILES string of the molecule is CC(C)c1ccc2c(n1)C=CC(=O)C2. The van der Waals surface area contributed by atoms with Gasteiger partial charge in [0.15, 0.2) is 5.78 Å². The van der Waals surface area contributed by atoms with Crippen molar-refractivity contribution >= 4 is 11.9 Å². The minimum Gasteiger partial charge on any atom is -0.294 e. The first kappa shape index (κ1) is 9.13. The number of aromatic nitrogens is 1.